The quantitative estimate of drug-likeness (QED) is 0.0105. The van der Waals surface area contributed by atoms with E-state index in [0.717, 1.165) is 157 Å². The maximum Gasteiger partial charge on any atom is 0.272 e. The average molecular weight is 1850 g/mol. The van der Waals surface area contributed by atoms with Crippen molar-refractivity contribution in [1.29, 1.82) is 0 Å². The van der Waals surface area contributed by atoms with E-state index in [2.05, 4.69) is 182 Å². The number of aliphatic imine (C=N–C) groups is 2. The summed E-state index contributed by atoms with van der Waals surface area (Å²) in [6.07, 6.45) is 7.36. The highest BCUT2D eigenvalue weighted by molar-refractivity contribution is 14.1. The van der Waals surface area contributed by atoms with Gasteiger partial charge < -0.3 is 67.8 Å². The summed E-state index contributed by atoms with van der Waals surface area (Å²) in [5.74, 6) is 5.81. The zero-order valence-corrected chi connectivity index (χ0v) is 76.0. The molecule has 28 nitrogen and oxygen atoms in total. The van der Waals surface area contributed by atoms with Crippen LogP contribution >= 0.6 is 22.6 Å². The summed E-state index contributed by atoms with van der Waals surface area (Å²) < 4.78 is 63.3. The first-order valence-corrected chi connectivity index (χ1v) is 43.0. The number of fused-ring (bicyclic) bond motifs is 4. The monoisotopic (exact) mass is 1850 g/mol. The number of carbonyl (C=O) groups excluding carboxylic acids is 1. The highest BCUT2D eigenvalue weighted by Gasteiger charge is 2.41. The zero-order chi connectivity index (χ0) is 91.2. The second-order valence-corrected chi connectivity index (χ2v) is 30.3. The van der Waals surface area contributed by atoms with Crippen molar-refractivity contribution < 1.29 is 71.9 Å². The predicted molar refractivity (Wildman–Crippen MR) is 508 cm³/mol. The first-order valence-electron chi connectivity index (χ1n) is 41.9. The number of aryl methyl sites for hydroxylation is 3. The van der Waals surface area contributed by atoms with Crippen molar-refractivity contribution in [2.75, 3.05) is 131 Å². The van der Waals surface area contributed by atoms with Crippen LogP contribution in [-0.2, 0) is 42.3 Å². The SMILES string of the molecule is CCCOc1ccc(N)c(C)c1.CCCOc1ccc([N+](=O)[O-])c(C)c1.COCCOc1ccc2c(c1)C(c1ccnc(N3CCOCC3)c1)=NC2.COCCOc1ccc2c(c1)C=NC2.COCCOc1ccc2c(c1)c(I)nn2C(c1ccccc1)(c1ccccc1)c1ccccc1.COCCOc1ccc2c(cnn2C(C)=O)c1.Cc1cc(O)ccc1[N+](=O)[O-]. The Morgan fingerprint density at radius 2 is 1.01 bits per heavy atom. The number of halogens is 1. The summed E-state index contributed by atoms with van der Waals surface area (Å²) in [6.45, 7) is 21.4. The summed E-state index contributed by atoms with van der Waals surface area (Å²) >= 11 is 2.33. The maximum atomic E-state index is 11.3. The molecule has 3 aromatic heterocycles. The van der Waals surface area contributed by atoms with E-state index in [1.54, 1.807) is 60.6 Å². The van der Waals surface area contributed by atoms with Crippen molar-refractivity contribution in [3.05, 3.63) is 328 Å². The number of aromatic hydroxyl groups is 1. The summed E-state index contributed by atoms with van der Waals surface area (Å²) in [5, 5.41) is 40.8. The van der Waals surface area contributed by atoms with Crippen molar-refractivity contribution in [1.82, 2.24) is 24.5 Å². The third-order valence-corrected chi connectivity index (χ3v) is 21.0. The summed E-state index contributed by atoms with van der Waals surface area (Å²) in [4.78, 5) is 46.9. The molecule has 3 aliphatic rings. The lowest BCUT2D eigenvalue weighted by Crippen LogP contribution is -2.38. The zero-order valence-electron chi connectivity index (χ0n) is 73.8. The molecule has 6 heterocycles. The molecule has 29 heteroatoms. The highest BCUT2D eigenvalue weighted by Crippen LogP contribution is 2.44. The normalized spacial score (nSPS) is 12.1. The molecule has 0 saturated carbocycles. The maximum absolute atomic E-state index is 11.3. The van der Waals surface area contributed by atoms with Gasteiger partial charge in [-0.15, -0.1) is 0 Å². The van der Waals surface area contributed by atoms with Crippen LogP contribution in [0.3, 0.4) is 0 Å². The molecule has 670 valence electrons. The number of nitrogens with zero attached hydrogens (tertiary/aromatic N) is 10. The second kappa shape index (κ2) is 50.2. The van der Waals surface area contributed by atoms with E-state index >= 15 is 0 Å². The van der Waals surface area contributed by atoms with Crippen LogP contribution in [0.4, 0.5) is 22.9 Å². The van der Waals surface area contributed by atoms with Gasteiger partial charge in [-0.3, -0.25) is 35.0 Å². The van der Waals surface area contributed by atoms with E-state index in [-0.39, 0.29) is 28.0 Å². The number of methoxy groups -OCH3 is 4. The second-order valence-electron chi connectivity index (χ2n) is 29.3. The Balaban J connectivity index is 0.000000162. The molecule has 0 radical (unpaired) electrons. The fourth-order valence-corrected chi connectivity index (χ4v) is 14.4. The Morgan fingerprint density at radius 3 is 1.53 bits per heavy atom. The Hall–Kier alpha value is -13.2. The number of ether oxygens (including phenoxy) is 11. The van der Waals surface area contributed by atoms with Crippen molar-refractivity contribution in [2.45, 2.75) is 73.0 Å². The minimum atomic E-state index is -0.649. The number of benzene rings is 10. The number of nitro groups is 2. The van der Waals surface area contributed by atoms with Gasteiger partial charge in [0.05, 0.1) is 98.7 Å². The molecule has 0 bridgehead atoms. The number of anilines is 2. The third-order valence-electron chi connectivity index (χ3n) is 20.2. The predicted octanol–water partition coefficient (Wildman–Crippen LogP) is 18.8. The van der Waals surface area contributed by atoms with E-state index in [9.17, 15) is 25.0 Å². The fraction of sp³-hybridized carbons (Fsp3) is 0.293. The van der Waals surface area contributed by atoms with Crippen molar-refractivity contribution in [3.63, 3.8) is 0 Å². The number of aromatic nitrogens is 5. The number of nitro benzene ring substituents is 2. The Bertz CT molecular complexity index is 5700. The van der Waals surface area contributed by atoms with Crippen LogP contribution in [-0.4, -0.2) is 178 Å². The number of carbonyl (C=O) groups is 1. The molecular formula is C99H110IN11O17. The Kier molecular flexibility index (Phi) is 38.1. The molecule has 0 unspecified atom stereocenters. The molecule has 3 aliphatic heterocycles. The van der Waals surface area contributed by atoms with Gasteiger partial charge in [0.2, 0.25) is 5.91 Å². The number of rotatable bonds is 30. The van der Waals surface area contributed by atoms with Crippen LogP contribution < -0.4 is 39.1 Å². The van der Waals surface area contributed by atoms with Gasteiger partial charge >= 0.3 is 0 Å². The van der Waals surface area contributed by atoms with Gasteiger partial charge in [0.15, 0.2) is 0 Å². The lowest BCUT2D eigenvalue weighted by molar-refractivity contribution is -0.385. The number of nitrogen functional groups attached to an aromatic ring is 1. The van der Waals surface area contributed by atoms with Gasteiger partial charge in [0.1, 0.15) is 81.7 Å². The number of phenolic OH excluding ortho intramolecular Hbond substituents is 1. The van der Waals surface area contributed by atoms with Gasteiger partial charge in [-0.2, -0.15) is 10.2 Å². The highest BCUT2D eigenvalue weighted by atomic mass is 127. The molecule has 0 atom stereocenters. The number of phenols is 1. The van der Waals surface area contributed by atoms with Gasteiger partial charge in [-0.25, -0.2) is 14.3 Å². The number of nitrogens with two attached hydrogens (primary N) is 1. The number of pyridine rings is 1. The molecule has 3 N–H and O–H groups in total. The van der Waals surface area contributed by atoms with E-state index in [4.69, 9.17) is 73.0 Å². The van der Waals surface area contributed by atoms with Crippen molar-refractivity contribution >= 4 is 85.1 Å². The minimum absolute atomic E-state index is 0.0304. The van der Waals surface area contributed by atoms with Crippen LogP contribution in [0.2, 0.25) is 0 Å². The molecule has 0 amide bonds. The molecular weight excluding hydrogens is 1740 g/mol. The van der Waals surface area contributed by atoms with E-state index < -0.39 is 10.5 Å². The van der Waals surface area contributed by atoms with Gasteiger partial charge in [0, 0.05) is 117 Å². The van der Waals surface area contributed by atoms with Crippen LogP contribution in [0.5, 0.6) is 40.2 Å². The van der Waals surface area contributed by atoms with Crippen LogP contribution in [0, 0.1) is 44.7 Å². The van der Waals surface area contributed by atoms with Gasteiger partial charge in [-0.1, -0.05) is 117 Å². The molecule has 1 saturated heterocycles. The van der Waals surface area contributed by atoms with E-state index in [1.165, 1.54) is 52.6 Å². The van der Waals surface area contributed by atoms with Crippen molar-refractivity contribution in [3.8, 4) is 40.2 Å². The Labute approximate surface area is 759 Å². The molecule has 128 heavy (non-hydrogen) atoms. The van der Waals surface area contributed by atoms with Crippen LogP contribution in [0.15, 0.2) is 253 Å². The Morgan fingerprint density at radius 1 is 0.531 bits per heavy atom. The van der Waals surface area contributed by atoms with Crippen molar-refractivity contribution in [2.24, 2.45) is 9.98 Å². The molecule has 13 aromatic rings. The van der Waals surface area contributed by atoms with Gasteiger partial charge in [0.25, 0.3) is 11.4 Å². The first-order chi connectivity index (χ1) is 62.2. The minimum Gasteiger partial charge on any atom is -0.508 e. The molecule has 10 aromatic carbocycles. The third kappa shape index (κ3) is 27.2. The molecule has 0 aliphatic carbocycles. The average Bonchev–Trinajstić information content (AvgIpc) is 1.38. The van der Waals surface area contributed by atoms with Gasteiger partial charge in [-0.05, 0) is 205 Å². The molecule has 1 fully saturated rings. The first kappa shape index (κ1) is 97.0. The smallest absolute Gasteiger partial charge is 0.272 e. The summed E-state index contributed by atoms with van der Waals surface area (Å²) in [5.41, 5.74) is 20.3. The topological polar surface area (TPSA) is 328 Å². The number of morpholine rings is 1. The van der Waals surface area contributed by atoms with Crippen LogP contribution in [0.25, 0.3) is 21.8 Å². The largest absolute Gasteiger partial charge is 0.508 e. The van der Waals surface area contributed by atoms with E-state index in [1.807, 2.05) is 93.0 Å². The lowest BCUT2D eigenvalue weighted by Gasteiger charge is -2.37. The number of hydrogen-bond donors (Lipinski definition) is 2. The number of hydrogen-bond acceptors (Lipinski definition) is 24. The fourth-order valence-electron chi connectivity index (χ4n) is 13.8. The summed E-state index contributed by atoms with van der Waals surface area (Å²) in [6, 6.07) is 74.3. The summed E-state index contributed by atoms with van der Waals surface area (Å²) in [7, 11) is 6.64. The molecule has 16 rings (SSSR count). The lowest BCUT2D eigenvalue weighted by atomic mass is 9.77. The molecule has 0 spiro atoms. The van der Waals surface area contributed by atoms with E-state index in [0.29, 0.717) is 82.9 Å². The van der Waals surface area contributed by atoms with Crippen LogP contribution in [0.1, 0.15) is 99.6 Å². The standard InChI is InChI=1S/C29H25IN2O2.C20H23N3O3.C12H14N2O3.C11H13NO2.C10H13NO3.C10H15NO.C7H7NO3/c1-33-19-20-34-25-17-18-27-26(21-25)28(30)31-32(27)29(22-11-5-2-6-12-22,23-13-7-3-8-14-23)24-15-9-4-10-16-24;1-24-10-11-26-17-3-2-16-14-22-20(18(16)13-17)15-4-5-21-19(12-15)23-6-8-25-9-7-23;1-9(15)14-12-4-3-11(17-6-5-16-2)7-10(12)8-13-14;1-13-4-5-14-11-3-2-9-7-12-8-10(9)6-11;1-3-6-14-9-4-5-10(11(12)13)8(2)7-9;1-3-6-12-9-4-5-10(11)8(2)7-9;1-5-4-6(9)2-3-7(5)8(10)11/h2-18,21H,19-20H2,1H3;2-5,12-13H,6-11,14H2,1H3;3-4,7-8H,5-6H2,1-2H3;2-3,6,8H,4-5,7H2,1H3;4-5,7H,3,6H2,1-2H3;4-5,7H,3,6,11H2,1-2H3;2-4,9H,1H3.